The Hall–Kier alpha value is -2.99. The molecule has 2 N–H and O–H groups in total. The summed E-state index contributed by atoms with van der Waals surface area (Å²) in [5.74, 6) is -1.55. The molecule has 0 aliphatic rings. The summed E-state index contributed by atoms with van der Waals surface area (Å²) in [4.78, 5) is 31.4. The van der Waals surface area contributed by atoms with Gasteiger partial charge in [0.25, 0.3) is 5.91 Å². The topological polar surface area (TPSA) is 92.2 Å². The second-order valence-electron chi connectivity index (χ2n) is 4.69. The summed E-state index contributed by atoms with van der Waals surface area (Å²) in [6.45, 7) is 0. The number of carbonyl (C=O) groups excluding carboxylic acids is 1. The van der Waals surface area contributed by atoms with Gasteiger partial charge >= 0.3 is 5.97 Å². The van der Waals surface area contributed by atoms with Gasteiger partial charge in [-0.05, 0) is 36.4 Å². The van der Waals surface area contributed by atoms with Gasteiger partial charge in [0.05, 0.1) is 16.6 Å². The number of halogens is 1. The van der Waals surface area contributed by atoms with Gasteiger partial charge < -0.3 is 10.4 Å². The molecule has 7 heteroatoms. The Labute approximate surface area is 135 Å². The second kappa shape index (κ2) is 6.02. The van der Waals surface area contributed by atoms with E-state index in [2.05, 4.69) is 15.3 Å². The van der Waals surface area contributed by atoms with E-state index in [1.165, 1.54) is 24.3 Å². The number of aromatic nitrogens is 2. The van der Waals surface area contributed by atoms with Crippen LogP contribution in [0.2, 0.25) is 5.15 Å². The van der Waals surface area contributed by atoms with Crippen LogP contribution in [-0.2, 0) is 0 Å². The third kappa shape index (κ3) is 3.12. The van der Waals surface area contributed by atoms with Crippen molar-refractivity contribution in [3.63, 3.8) is 0 Å². The van der Waals surface area contributed by atoms with E-state index in [9.17, 15) is 9.59 Å². The van der Waals surface area contributed by atoms with Crippen LogP contribution < -0.4 is 5.32 Å². The molecular formula is C16H10ClN3O3. The summed E-state index contributed by atoms with van der Waals surface area (Å²) < 4.78 is 0. The molecule has 114 valence electrons. The van der Waals surface area contributed by atoms with Crippen LogP contribution in [0, 0.1) is 0 Å². The fourth-order valence-corrected chi connectivity index (χ4v) is 2.23. The van der Waals surface area contributed by atoms with E-state index < -0.39 is 11.9 Å². The quantitative estimate of drug-likeness (QED) is 0.770. The molecule has 0 aliphatic carbocycles. The van der Waals surface area contributed by atoms with Gasteiger partial charge in [0.1, 0.15) is 0 Å². The maximum Gasteiger partial charge on any atom is 0.335 e. The average Bonchev–Trinajstić information content (AvgIpc) is 2.54. The van der Waals surface area contributed by atoms with Gasteiger partial charge in [-0.2, -0.15) is 0 Å². The summed E-state index contributed by atoms with van der Waals surface area (Å²) in [5, 5.41) is 11.5. The Morgan fingerprint density at radius 3 is 2.17 bits per heavy atom. The van der Waals surface area contributed by atoms with Gasteiger partial charge in [0.2, 0.25) is 0 Å². The lowest BCUT2D eigenvalue weighted by atomic mass is 10.2. The highest BCUT2D eigenvalue weighted by Gasteiger charge is 2.15. The Kier molecular flexibility index (Phi) is 3.91. The summed E-state index contributed by atoms with van der Waals surface area (Å²) >= 11 is 6.02. The molecule has 3 rings (SSSR count). The van der Waals surface area contributed by atoms with Gasteiger partial charge in [0.15, 0.2) is 10.8 Å². The number of anilines is 1. The number of carboxylic acids is 1. The minimum Gasteiger partial charge on any atom is -0.478 e. The number of aromatic carboxylic acids is 1. The van der Waals surface area contributed by atoms with Crippen LogP contribution in [0.15, 0.2) is 48.5 Å². The highest BCUT2D eigenvalue weighted by molar-refractivity contribution is 6.33. The Morgan fingerprint density at radius 2 is 1.57 bits per heavy atom. The Morgan fingerprint density at radius 1 is 0.957 bits per heavy atom. The number of amides is 1. The zero-order chi connectivity index (χ0) is 16.4. The molecular weight excluding hydrogens is 318 g/mol. The first kappa shape index (κ1) is 14.9. The number of carbonyl (C=O) groups is 2. The standard InChI is InChI=1S/C16H10ClN3O3/c17-14-13(19-11-3-1-2-4-12(11)20-14)15(21)18-10-7-5-9(6-8-10)16(22)23/h1-8H,(H,18,21)(H,22,23). The molecule has 0 saturated carbocycles. The first-order valence-electron chi connectivity index (χ1n) is 6.61. The molecule has 23 heavy (non-hydrogen) atoms. The van der Waals surface area contributed by atoms with Crippen LogP contribution in [0.25, 0.3) is 11.0 Å². The number of hydrogen-bond acceptors (Lipinski definition) is 4. The summed E-state index contributed by atoms with van der Waals surface area (Å²) in [7, 11) is 0. The molecule has 0 atom stereocenters. The van der Waals surface area contributed by atoms with Crippen molar-refractivity contribution in [3.8, 4) is 0 Å². The van der Waals surface area contributed by atoms with Crippen molar-refractivity contribution >= 4 is 40.2 Å². The van der Waals surface area contributed by atoms with E-state index in [0.29, 0.717) is 16.7 Å². The third-order valence-electron chi connectivity index (χ3n) is 3.13. The number of rotatable bonds is 3. The number of para-hydroxylation sites is 2. The molecule has 0 radical (unpaired) electrons. The number of nitrogens with one attached hydrogen (secondary N) is 1. The molecule has 6 nitrogen and oxygen atoms in total. The summed E-state index contributed by atoms with van der Waals surface area (Å²) in [6.07, 6.45) is 0. The number of carboxylic acid groups (broad SMARTS) is 1. The molecule has 0 aliphatic heterocycles. The second-order valence-corrected chi connectivity index (χ2v) is 5.05. The molecule has 2 aromatic carbocycles. The van der Waals surface area contributed by atoms with Crippen molar-refractivity contribution in [1.29, 1.82) is 0 Å². The molecule has 0 fully saturated rings. The van der Waals surface area contributed by atoms with Crippen molar-refractivity contribution in [1.82, 2.24) is 9.97 Å². The minimum absolute atomic E-state index is 0.00311. The zero-order valence-electron chi connectivity index (χ0n) is 11.7. The monoisotopic (exact) mass is 327 g/mol. The largest absolute Gasteiger partial charge is 0.478 e. The predicted molar refractivity (Wildman–Crippen MR) is 85.9 cm³/mol. The molecule has 1 aromatic heterocycles. The summed E-state index contributed by atoms with van der Waals surface area (Å²) in [5.41, 5.74) is 1.73. The van der Waals surface area contributed by atoms with Crippen LogP contribution in [0.5, 0.6) is 0 Å². The highest BCUT2D eigenvalue weighted by atomic mass is 35.5. The van der Waals surface area contributed by atoms with E-state index >= 15 is 0 Å². The first-order valence-corrected chi connectivity index (χ1v) is 6.99. The molecule has 0 unspecified atom stereocenters. The number of fused-ring (bicyclic) bond motifs is 1. The molecule has 0 saturated heterocycles. The molecule has 0 bridgehead atoms. The molecule has 1 amide bonds. The summed E-state index contributed by atoms with van der Waals surface area (Å²) in [6, 6.07) is 12.8. The maximum absolute atomic E-state index is 12.3. The van der Waals surface area contributed by atoms with Crippen molar-refractivity contribution in [2.75, 3.05) is 5.32 Å². The molecule has 1 heterocycles. The van der Waals surface area contributed by atoms with E-state index in [0.717, 1.165) is 0 Å². The van der Waals surface area contributed by atoms with E-state index in [1.54, 1.807) is 24.3 Å². The van der Waals surface area contributed by atoms with Crippen molar-refractivity contribution in [3.05, 3.63) is 64.9 Å². The van der Waals surface area contributed by atoms with Crippen LogP contribution in [0.1, 0.15) is 20.8 Å². The van der Waals surface area contributed by atoms with E-state index in [-0.39, 0.29) is 16.4 Å². The Balaban J connectivity index is 1.88. The van der Waals surface area contributed by atoms with Gasteiger partial charge in [0, 0.05) is 5.69 Å². The fraction of sp³-hybridized carbons (Fsp3) is 0. The van der Waals surface area contributed by atoms with Gasteiger partial charge in [-0.15, -0.1) is 0 Å². The van der Waals surface area contributed by atoms with Crippen molar-refractivity contribution < 1.29 is 14.7 Å². The average molecular weight is 328 g/mol. The maximum atomic E-state index is 12.3. The predicted octanol–water partition coefficient (Wildman–Crippen LogP) is 3.23. The SMILES string of the molecule is O=C(O)c1ccc(NC(=O)c2nc3ccccc3nc2Cl)cc1. The van der Waals surface area contributed by atoms with Crippen molar-refractivity contribution in [2.24, 2.45) is 0 Å². The number of hydrogen-bond donors (Lipinski definition) is 2. The van der Waals surface area contributed by atoms with E-state index in [4.69, 9.17) is 16.7 Å². The smallest absolute Gasteiger partial charge is 0.335 e. The van der Waals surface area contributed by atoms with Gasteiger partial charge in [-0.1, -0.05) is 23.7 Å². The number of nitrogens with zero attached hydrogens (tertiary/aromatic N) is 2. The fourth-order valence-electron chi connectivity index (χ4n) is 2.01. The molecule has 3 aromatic rings. The van der Waals surface area contributed by atoms with E-state index in [1.807, 2.05) is 0 Å². The zero-order valence-corrected chi connectivity index (χ0v) is 12.4. The van der Waals surface area contributed by atoms with Crippen molar-refractivity contribution in [2.45, 2.75) is 0 Å². The van der Waals surface area contributed by atoms with Crippen LogP contribution >= 0.6 is 11.6 Å². The lowest BCUT2D eigenvalue weighted by Crippen LogP contribution is -2.15. The van der Waals surface area contributed by atoms with Crippen LogP contribution in [0.4, 0.5) is 5.69 Å². The normalized spacial score (nSPS) is 10.5. The Bertz CT molecular complexity index is 910. The third-order valence-corrected chi connectivity index (χ3v) is 3.40. The minimum atomic E-state index is -1.04. The van der Waals surface area contributed by atoms with Gasteiger partial charge in [-0.3, -0.25) is 4.79 Å². The molecule has 0 spiro atoms. The highest BCUT2D eigenvalue weighted by Crippen LogP contribution is 2.18. The van der Waals surface area contributed by atoms with Crippen LogP contribution in [-0.4, -0.2) is 27.0 Å². The number of benzene rings is 2. The lowest BCUT2D eigenvalue weighted by molar-refractivity contribution is 0.0696. The van der Waals surface area contributed by atoms with Crippen LogP contribution in [0.3, 0.4) is 0 Å². The lowest BCUT2D eigenvalue weighted by Gasteiger charge is -2.07. The first-order chi connectivity index (χ1) is 11.0. The van der Waals surface area contributed by atoms with Gasteiger partial charge in [-0.25, -0.2) is 14.8 Å².